The number of likely N-dealkylation sites (tertiary alicyclic amines) is 1. The van der Waals surface area contributed by atoms with E-state index in [2.05, 4.69) is 10.3 Å². The fourth-order valence-electron chi connectivity index (χ4n) is 4.29. The molecular formula is C27H24FN3O4. The molecule has 1 aliphatic heterocycles. The van der Waals surface area contributed by atoms with Gasteiger partial charge >= 0.3 is 0 Å². The zero-order chi connectivity index (χ0) is 24.2. The number of furan rings is 1. The van der Waals surface area contributed by atoms with Gasteiger partial charge in [0.25, 0.3) is 5.91 Å². The van der Waals surface area contributed by atoms with Gasteiger partial charge in [-0.15, -0.1) is 0 Å². The molecule has 1 saturated heterocycles. The first-order valence-electron chi connectivity index (χ1n) is 11.5. The van der Waals surface area contributed by atoms with Crippen molar-refractivity contribution < 1.29 is 22.8 Å². The van der Waals surface area contributed by atoms with Crippen molar-refractivity contribution >= 4 is 11.8 Å². The summed E-state index contributed by atoms with van der Waals surface area (Å²) in [7, 11) is 0. The Balaban J connectivity index is 1.26. The molecule has 0 saturated carbocycles. The number of nitrogens with one attached hydrogen (secondary N) is 1. The van der Waals surface area contributed by atoms with Crippen LogP contribution in [0.15, 0.2) is 82.0 Å². The minimum absolute atomic E-state index is 0.0330. The highest BCUT2D eigenvalue weighted by atomic mass is 19.1. The molecule has 8 heteroatoms. The summed E-state index contributed by atoms with van der Waals surface area (Å²) in [6.07, 6.45) is 4.19. The van der Waals surface area contributed by atoms with Crippen LogP contribution in [0, 0.1) is 11.7 Å². The zero-order valence-electron chi connectivity index (χ0n) is 18.9. The molecular weight excluding hydrogens is 449 g/mol. The first kappa shape index (κ1) is 22.6. The van der Waals surface area contributed by atoms with Crippen LogP contribution in [0.4, 0.5) is 4.39 Å². The lowest BCUT2D eigenvalue weighted by atomic mass is 9.95. The molecule has 2 aromatic carbocycles. The van der Waals surface area contributed by atoms with Crippen molar-refractivity contribution in [3.63, 3.8) is 0 Å². The molecule has 0 aliphatic carbocycles. The zero-order valence-corrected chi connectivity index (χ0v) is 18.9. The van der Waals surface area contributed by atoms with Crippen LogP contribution >= 0.6 is 0 Å². The molecule has 2 aromatic heterocycles. The Morgan fingerprint density at radius 3 is 2.49 bits per heavy atom. The molecule has 0 spiro atoms. The third kappa shape index (κ3) is 4.87. The highest BCUT2D eigenvalue weighted by Crippen LogP contribution is 2.30. The van der Waals surface area contributed by atoms with Crippen LogP contribution in [0.1, 0.15) is 29.0 Å². The number of carbonyl (C=O) groups is 2. The topological polar surface area (TPSA) is 88.6 Å². The predicted octanol–water partition coefficient (Wildman–Crippen LogP) is 4.91. The van der Waals surface area contributed by atoms with Crippen molar-refractivity contribution in [2.24, 2.45) is 5.92 Å². The monoisotopic (exact) mass is 473 g/mol. The molecule has 1 N–H and O–H groups in total. The summed E-state index contributed by atoms with van der Waals surface area (Å²) in [4.78, 5) is 31.9. The fraction of sp³-hybridized carbons (Fsp3) is 0.222. The maximum Gasteiger partial charge on any atom is 0.254 e. The maximum absolute atomic E-state index is 14.2. The smallest absolute Gasteiger partial charge is 0.254 e. The number of aromatic nitrogens is 1. The fourth-order valence-corrected chi connectivity index (χ4v) is 4.29. The molecule has 2 amide bonds. The normalized spacial score (nSPS) is 14.1. The number of carbonyl (C=O) groups excluding carboxylic acids is 2. The second-order valence-electron chi connectivity index (χ2n) is 8.42. The average molecular weight is 474 g/mol. The Labute approximate surface area is 201 Å². The standard InChI is InChI=1S/C27H24FN3O4/c28-23-10-4-3-9-22(23)24-17-30-26(35-24)20-7-1-2-8-21(20)27(33)31-13-11-18(12-14-31)25(32)29-16-19-6-5-15-34-19/h1-10,15,17-18H,11-14,16H2,(H,29,32). The number of halogens is 1. The van der Waals surface area contributed by atoms with Crippen molar-refractivity contribution in [1.82, 2.24) is 15.2 Å². The van der Waals surface area contributed by atoms with E-state index < -0.39 is 5.82 Å². The van der Waals surface area contributed by atoms with Gasteiger partial charge in [0, 0.05) is 24.6 Å². The Kier molecular flexibility index (Phi) is 6.43. The van der Waals surface area contributed by atoms with Crippen molar-refractivity contribution in [3.05, 3.63) is 90.3 Å². The SMILES string of the molecule is O=C(NCc1ccco1)C1CCN(C(=O)c2ccccc2-c2ncc(-c3ccccc3F)o2)CC1. The number of oxazole rings is 1. The van der Waals surface area contributed by atoms with Crippen molar-refractivity contribution in [2.45, 2.75) is 19.4 Å². The van der Waals surface area contributed by atoms with Crippen LogP contribution in [-0.2, 0) is 11.3 Å². The quantitative estimate of drug-likeness (QED) is 0.430. The van der Waals surface area contributed by atoms with Gasteiger partial charge in [0.2, 0.25) is 11.8 Å². The molecule has 5 rings (SSSR count). The van der Waals surface area contributed by atoms with Crippen LogP contribution in [0.2, 0.25) is 0 Å². The average Bonchev–Trinajstić information content (AvgIpc) is 3.60. The third-order valence-electron chi connectivity index (χ3n) is 6.20. The summed E-state index contributed by atoms with van der Waals surface area (Å²) in [6.45, 7) is 1.29. The summed E-state index contributed by atoms with van der Waals surface area (Å²) in [5.74, 6) is 0.499. The van der Waals surface area contributed by atoms with E-state index in [9.17, 15) is 14.0 Å². The Bertz CT molecular complexity index is 1320. The largest absolute Gasteiger partial charge is 0.467 e. The summed E-state index contributed by atoms with van der Waals surface area (Å²) in [5.41, 5.74) is 1.30. The summed E-state index contributed by atoms with van der Waals surface area (Å²) < 4.78 is 25.3. The number of hydrogen-bond donors (Lipinski definition) is 1. The van der Waals surface area contributed by atoms with Crippen molar-refractivity contribution in [1.29, 1.82) is 0 Å². The highest BCUT2D eigenvalue weighted by Gasteiger charge is 2.29. The molecule has 0 unspecified atom stereocenters. The van der Waals surface area contributed by atoms with Gasteiger partial charge in [-0.05, 0) is 49.2 Å². The van der Waals surface area contributed by atoms with E-state index >= 15 is 0 Å². The molecule has 1 aliphatic rings. The molecule has 0 radical (unpaired) electrons. The Morgan fingerprint density at radius 2 is 1.74 bits per heavy atom. The minimum Gasteiger partial charge on any atom is -0.467 e. The van der Waals surface area contributed by atoms with Gasteiger partial charge in [-0.2, -0.15) is 0 Å². The number of nitrogens with zero attached hydrogens (tertiary/aromatic N) is 2. The molecule has 4 aromatic rings. The van der Waals surface area contributed by atoms with Crippen LogP contribution in [-0.4, -0.2) is 34.8 Å². The first-order chi connectivity index (χ1) is 17.1. The van der Waals surface area contributed by atoms with Crippen LogP contribution in [0.5, 0.6) is 0 Å². The maximum atomic E-state index is 14.2. The predicted molar refractivity (Wildman–Crippen MR) is 127 cm³/mol. The lowest BCUT2D eigenvalue weighted by molar-refractivity contribution is -0.126. The van der Waals surface area contributed by atoms with Gasteiger partial charge in [-0.1, -0.05) is 24.3 Å². The third-order valence-corrected chi connectivity index (χ3v) is 6.20. The van der Waals surface area contributed by atoms with Gasteiger partial charge in [0.15, 0.2) is 5.76 Å². The van der Waals surface area contributed by atoms with E-state index in [1.165, 1.54) is 12.3 Å². The number of hydrogen-bond acceptors (Lipinski definition) is 5. The Hall–Kier alpha value is -4.20. The van der Waals surface area contributed by atoms with Gasteiger partial charge in [-0.3, -0.25) is 9.59 Å². The molecule has 1 fully saturated rings. The lowest BCUT2D eigenvalue weighted by Gasteiger charge is -2.31. The number of piperidine rings is 1. The molecule has 35 heavy (non-hydrogen) atoms. The van der Waals surface area contributed by atoms with E-state index in [1.807, 2.05) is 6.07 Å². The number of amides is 2. The number of rotatable bonds is 6. The second kappa shape index (κ2) is 9.97. The summed E-state index contributed by atoms with van der Waals surface area (Å²) >= 11 is 0. The second-order valence-corrected chi connectivity index (χ2v) is 8.42. The number of benzene rings is 2. The molecule has 0 atom stereocenters. The molecule has 0 bridgehead atoms. The molecule has 3 heterocycles. The summed E-state index contributed by atoms with van der Waals surface area (Å²) in [5, 5.41) is 2.90. The highest BCUT2D eigenvalue weighted by molar-refractivity contribution is 6.00. The molecule has 178 valence electrons. The van der Waals surface area contributed by atoms with Crippen molar-refractivity contribution in [2.75, 3.05) is 13.1 Å². The van der Waals surface area contributed by atoms with E-state index in [0.29, 0.717) is 60.7 Å². The van der Waals surface area contributed by atoms with E-state index in [0.717, 1.165) is 0 Å². The Morgan fingerprint density at radius 1 is 1.00 bits per heavy atom. The summed E-state index contributed by atoms with van der Waals surface area (Å²) in [6, 6.07) is 17.0. The van der Waals surface area contributed by atoms with Crippen LogP contribution < -0.4 is 5.32 Å². The van der Waals surface area contributed by atoms with Gasteiger partial charge in [-0.25, -0.2) is 9.37 Å². The van der Waals surface area contributed by atoms with E-state index in [1.54, 1.807) is 59.7 Å². The van der Waals surface area contributed by atoms with Crippen LogP contribution in [0.3, 0.4) is 0 Å². The lowest BCUT2D eigenvalue weighted by Crippen LogP contribution is -2.43. The minimum atomic E-state index is -0.407. The van der Waals surface area contributed by atoms with Crippen LogP contribution in [0.25, 0.3) is 22.8 Å². The first-order valence-corrected chi connectivity index (χ1v) is 11.5. The molecule has 7 nitrogen and oxygen atoms in total. The van der Waals surface area contributed by atoms with Gasteiger partial charge < -0.3 is 19.1 Å². The van der Waals surface area contributed by atoms with Gasteiger partial charge in [0.1, 0.15) is 11.6 Å². The van der Waals surface area contributed by atoms with Crippen molar-refractivity contribution in [3.8, 4) is 22.8 Å². The van der Waals surface area contributed by atoms with E-state index in [4.69, 9.17) is 8.83 Å². The van der Waals surface area contributed by atoms with Gasteiger partial charge in [0.05, 0.1) is 30.1 Å². The van der Waals surface area contributed by atoms with E-state index in [-0.39, 0.29) is 23.6 Å².